The number of para-hydroxylation sites is 2. The highest BCUT2D eigenvalue weighted by Gasteiger charge is 2.25. The Hall–Kier alpha value is -2.43. The molecule has 31 heavy (non-hydrogen) atoms. The Balaban J connectivity index is 0.00000341. The molecule has 1 aliphatic heterocycles. The fourth-order valence-corrected chi connectivity index (χ4v) is 3.29. The Kier molecular flexibility index (Phi) is 9.96. The Labute approximate surface area is 200 Å². The lowest BCUT2D eigenvalue weighted by molar-refractivity contribution is 0.0657. The van der Waals surface area contributed by atoms with Gasteiger partial charge in [0.15, 0.2) is 23.2 Å². The van der Waals surface area contributed by atoms with Gasteiger partial charge in [-0.1, -0.05) is 12.1 Å². The van der Waals surface area contributed by atoms with Crippen molar-refractivity contribution in [3.8, 4) is 11.5 Å². The second kappa shape index (κ2) is 12.4. The molecule has 1 atom stereocenters. The lowest BCUT2D eigenvalue weighted by Crippen LogP contribution is -2.53. The van der Waals surface area contributed by atoms with Gasteiger partial charge in [-0.15, -0.1) is 24.0 Å². The SMILES string of the molecule is CCNC(=NCC(C)Oc1ccccc1OC)N1CCN(C(=O)c2ccco2)CC1.I. The first-order valence-corrected chi connectivity index (χ1v) is 10.3. The van der Waals surface area contributed by atoms with Crippen LogP contribution in [0.2, 0.25) is 0 Å². The van der Waals surface area contributed by atoms with E-state index in [0.29, 0.717) is 50.0 Å². The van der Waals surface area contributed by atoms with Gasteiger partial charge in [-0.25, -0.2) is 4.99 Å². The minimum atomic E-state index is -0.114. The molecule has 3 rings (SSSR count). The van der Waals surface area contributed by atoms with E-state index in [0.717, 1.165) is 12.5 Å². The van der Waals surface area contributed by atoms with Crippen LogP contribution >= 0.6 is 24.0 Å². The van der Waals surface area contributed by atoms with Crippen LogP contribution < -0.4 is 14.8 Å². The number of methoxy groups -OCH3 is 1. The molecule has 1 amide bonds. The van der Waals surface area contributed by atoms with Crippen molar-refractivity contribution in [1.82, 2.24) is 15.1 Å². The summed E-state index contributed by atoms with van der Waals surface area (Å²) in [7, 11) is 1.63. The number of carbonyl (C=O) groups excluding carboxylic acids is 1. The summed E-state index contributed by atoms with van der Waals surface area (Å²) in [5.74, 6) is 2.56. The van der Waals surface area contributed by atoms with E-state index in [4.69, 9.17) is 18.9 Å². The molecule has 0 radical (unpaired) electrons. The van der Waals surface area contributed by atoms with Gasteiger partial charge in [0.05, 0.1) is 19.9 Å². The summed E-state index contributed by atoms with van der Waals surface area (Å²) >= 11 is 0. The topological polar surface area (TPSA) is 79.5 Å². The fourth-order valence-electron chi connectivity index (χ4n) is 3.29. The van der Waals surface area contributed by atoms with Crippen molar-refractivity contribution in [1.29, 1.82) is 0 Å². The largest absolute Gasteiger partial charge is 0.493 e. The first-order chi connectivity index (χ1) is 14.6. The second-order valence-corrected chi connectivity index (χ2v) is 7.03. The molecule has 1 saturated heterocycles. The van der Waals surface area contributed by atoms with E-state index >= 15 is 0 Å². The van der Waals surface area contributed by atoms with E-state index in [1.807, 2.05) is 43.0 Å². The Morgan fingerprint density at radius 3 is 2.42 bits per heavy atom. The zero-order valence-electron chi connectivity index (χ0n) is 18.2. The minimum absolute atomic E-state index is 0. The molecule has 0 saturated carbocycles. The van der Waals surface area contributed by atoms with Crippen LogP contribution in [0.1, 0.15) is 24.4 Å². The van der Waals surface area contributed by atoms with Crippen LogP contribution in [0.15, 0.2) is 52.1 Å². The van der Waals surface area contributed by atoms with Gasteiger partial charge in [-0.05, 0) is 38.1 Å². The first kappa shape index (κ1) is 24.8. The molecule has 2 aromatic rings. The smallest absolute Gasteiger partial charge is 0.289 e. The van der Waals surface area contributed by atoms with Gasteiger partial charge in [0, 0.05) is 32.7 Å². The molecule has 0 aliphatic carbocycles. The van der Waals surface area contributed by atoms with Crippen LogP contribution in [0.4, 0.5) is 0 Å². The molecule has 1 aromatic carbocycles. The molecule has 2 heterocycles. The van der Waals surface area contributed by atoms with Crippen molar-refractivity contribution in [2.45, 2.75) is 20.0 Å². The number of guanidine groups is 1. The van der Waals surface area contributed by atoms with Gasteiger partial charge >= 0.3 is 0 Å². The van der Waals surface area contributed by atoms with E-state index in [1.54, 1.807) is 19.2 Å². The number of nitrogens with zero attached hydrogens (tertiary/aromatic N) is 3. The lowest BCUT2D eigenvalue weighted by Gasteiger charge is -2.36. The van der Waals surface area contributed by atoms with Crippen molar-refractivity contribution in [3.63, 3.8) is 0 Å². The van der Waals surface area contributed by atoms with Crippen molar-refractivity contribution in [2.75, 3.05) is 46.4 Å². The maximum atomic E-state index is 12.4. The summed E-state index contributed by atoms with van der Waals surface area (Å²) < 4.78 is 16.6. The van der Waals surface area contributed by atoms with Gasteiger partial charge in [-0.3, -0.25) is 4.79 Å². The molecule has 1 N–H and O–H groups in total. The molecule has 8 nitrogen and oxygen atoms in total. The zero-order valence-corrected chi connectivity index (χ0v) is 20.6. The number of piperazine rings is 1. The number of carbonyl (C=O) groups is 1. The molecular weight excluding hydrogens is 511 g/mol. The third-order valence-corrected chi connectivity index (χ3v) is 4.83. The molecule has 1 fully saturated rings. The summed E-state index contributed by atoms with van der Waals surface area (Å²) in [5, 5.41) is 3.34. The van der Waals surface area contributed by atoms with E-state index < -0.39 is 0 Å². The monoisotopic (exact) mass is 542 g/mol. The van der Waals surface area contributed by atoms with E-state index in [9.17, 15) is 4.79 Å². The summed E-state index contributed by atoms with van der Waals surface area (Å²) in [6.07, 6.45) is 1.41. The van der Waals surface area contributed by atoms with E-state index in [1.165, 1.54) is 6.26 Å². The number of nitrogens with one attached hydrogen (secondary N) is 1. The maximum Gasteiger partial charge on any atom is 0.289 e. The summed E-state index contributed by atoms with van der Waals surface area (Å²) in [4.78, 5) is 21.2. The molecule has 1 aliphatic rings. The number of hydrogen-bond acceptors (Lipinski definition) is 5. The zero-order chi connectivity index (χ0) is 21.3. The second-order valence-electron chi connectivity index (χ2n) is 7.03. The first-order valence-electron chi connectivity index (χ1n) is 10.3. The highest BCUT2D eigenvalue weighted by atomic mass is 127. The van der Waals surface area contributed by atoms with Crippen LogP contribution in [0.5, 0.6) is 11.5 Å². The summed E-state index contributed by atoms with van der Waals surface area (Å²) in [6, 6.07) is 11.0. The number of hydrogen-bond donors (Lipinski definition) is 1. The molecule has 170 valence electrons. The predicted molar refractivity (Wildman–Crippen MR) is 131 cm³/mol. The number of furan rings is 1. The van der Waals surface area contributed by atoms with E-state index in [-0.39, 0.29) is 36.0 Å². The number of halogens is 1. The average Bonchev–Trinajstić information content (AvgIpc) is 3.31. The van der Waals surface area contributed by atoms with E-state index in [2.05, 4.69) is 10.2 Å². The third kappa shape index (κ3) is 6.78. The van der Waals surface area contributed by atoms with Crippen LogP contribution in [-0.2, 0) is 0 Å². The number of ether oxygens (including phenoxy) is 2. The van der Waals surface area contributed by atoms with Crippen LogP contribution in [-0.4, -0.2) is 74.1 Å². The van der Waals surface area contributed by atoms with Crippen molar-refractivity contribution < 1.29 is 18.7 Å². The van der Waals surface area contributed by atoms with Gasteiger partial charge in [0.2, 0.25) is 0 Å². The standard InChI is InChI=1S/C22H30N4O4.HI/c1-4-23-22(24-16-17(2)30-19-9-6-5-8-18(19)28-3)26-13-11-25(12-14-26)21(27)20-10-7-15-29-20;/h5-10,15,17H,4,11-14,16H2,1-3H3,(H,23,24);1H. The number of benzene rings is 1. The molecular formula is C22H31IN4O4. The quantitative estimate of drug-likeness (QED) is 0.329. The third-order valence-electron chi connectivity index (χ3n) is 4.83. The van der Waals surface area contributed by atoms with Crippen molar-refractivity contribution in [3.05, 3.63) is 48.4 Å². The van der Waals surface area contributed by atoms with Crippen LogP contribution in [0, 0.1) is 0 Å². The van der Waals surface area contributed by atoms with Gasteiger partial charge in [0.1, 0.15) is 6.10 Å². The fraction of sp³-hybridized carbons (Fsp3) is 0.455. The van der Waals surface area contributed by atoms with Crippen molar-refractivity contribution >= 4 is 35.8 Å². The predicted octanol–water partition coefficient (Wildman–Crippen LogP) is 3.10. The highest BCUT2D eigenvalue weighted by Crippen LogP contribution is 2.26. The number of rotatable bonds is 7. The summed E-state index contributed by atoms with van der Waals surface area (Å²) in [6.45, 7) is 7.97. The lowest BCUT2D eigenvalue weighted by atomic mass is 10.3. The molecule has 9 heteroatoms. The maximum absolute atomic E-state index is 12.4. The Morgan fingerprint density at radius 2 is 1.81 bits per heavy atom. The normalized spacial score (nSPS) is 15.1. The van der Waals surface area contributed by atoms with Gasteiger partial charge in [0.25, 0.3) is 5.91 Å². The number of amides is 1. The molecule has 0 bridgehead atoms. The van der Waals surface area contributed by atoms with Crippen molar-refractivity contribution in [2.24, 2.45) is 4.99 Å². The Morgan fingerprint density at radius 1 is 1.13 bits per heavy atom. The molecule has 0 spiro atoms. The molecule has 1 aromatic heterocycles. The summed E-state index contributed by atoms with van der Waals surface area (Å²) in [5.41, 5.74) is 0. The number of aliphatic imine (C=N–C) groups is 1. The average molecular weight is 542 g/mol. The Bertz CT molecular complexity index is 836. The van der Waals surface area contributed by atoms with Crippen LogP contribution in [0.25, 0.3) is 0 Å². The van der Waals surface area contributed by atoms with Crippen LogP contribution in [0.3, 0.4) is 0 Å². The van der Waals surface area contributed by atoms with Gasteiger partial charge in [-0.2, -0.15) is 0 Å². The molecule has 1 unspecified atom stereocenters. The highest BCUT2D eigenvalue weighted by molar-refractivity contribution is 14.0. The van der Waals surface area contributed by atoms with Gasteiger partial charge < -0.3 is 29.0 Å². The minimum Gasteiger partial charge on any atom is -0.493 e.